The van der Waals surface area contributed by atoms with Crippen LogP contribution in [0.15, 0.2) is 30.9 Å². The predicted octanol–water partition coefficient (Wildman–Crippen LogP) is 2.90. The minimum Gasteiger partial charge on any atom is -0.497 e. The number of benzene rings is 1. The fourth-order valence-corrected chi connectivity index (χ4v) is 1.74. The van der Waals surface area contributed by atoms with Gasteiger partial charge in [-0.3, -0.25) is 0 Å². The maximum atomic E-state index is 5.78. The second kappa shape index (κ2) is 6.45. The molecule has 0 atom stereocenters. The molecule has 1 aromatic rings. The third-order valence-corrected chi connectivity index (χ3v) is 3.01. The molecule has 0 spiro atoms. The van der Waals surface area contributed by atoms with E-state index in [0.29, 0.717) is 12.6 Å². The lowest BCUT2D eigenvalue weighted by Gasteiger charge is -2.13. The van der Waals surface area contributed by atoms with Crippen LogP contribution >= 0.6 is 0 Å². The van der Waals surface area contributed by atoms with Crippen LogP contribution in [-0.2, 0) is 6.54 Å². The Morgan fingerprint density at radius 3 is 2.94 bits per heavy atom. The van der Waals surface area contributed by atoms with Crippen LogP contribution in [-0.4, -0.2) is 19.8 Å². The van der Waals surface area contributed by atoms with Crippen LogP contribution in [0.3, 0.4) is 0 Å². The van der Waals surface area contributed by atoms with Crippen LogP contribution in [0.25, 0.3) is 0 Å². The summed E-state index contributed by atoms with van der Waals surface area (Å²) in [6.45, 7) is 5.22. The SMILES string of the molecule is C=CCCOc1cc(OC)ccc1CNC1CC1. The molecule has 3 heteroatoms. The molecule has 0 aliphatic heterocycles. The molecule has 98 valence electrons. The van der Waals surface area contributed by atoms with Gasteiger partial charge in [0.25, 0.3) is 0 Å². The third kappa shape index (κ3) is 3.77. The molecule has 2 rings (SSSR count). The second-order valence-corrected chi connectivity index (χ2v) is 4.55. The van der Waals surface area contributed by atoms with Gasteiger partial charge in [-0.05, 0) is 25.3 Å². The van der Waals surface area contributed by atoms with Crippen LogP contribution in [0, 0.1) is 0 Å². The fraction of sp³-hybridized carbons (Fsp3) is 0.467. The lowest BCUT2D eigenvalue weighted by Crippen LogP contribution is -2.16. The second-order valence-electron chi connectivity index (χ2n) is 4.55. The Hall–Kier alpha value is -1.48. The zero-order chi connectivity index (χ0) is 12.8. The Bertz CT molecular complexity index is 399. The molecule has 0 amide bonds. The summed E-state index contributed by atoms with van der Waals surface area (Å²) in [6.07, 6.45) is 5.31. The van der Waals surface area contributed by atoms with Crippen LogP contribution in [0.5, 0.6) is 11.5 Å². The van der Waals surface area contributed by atoms with E-state index in [1.807, 2.05) is 18.2 Å². The minimum atomic E-state index is 0.660. The molecule has 1 aromatic carbocycles. The summed E-state index contributed by atoms with van der Waals surface area (Å²) in [6, 6.07) is 6.70. The molecule has 0 heterocycles. The van der Waals surface area contributed by atoms with Gasteiger partial charge in [0.15, 0.2) is 0 Å². The molecule has 0 saturated heterocycles. The fourth-order valence-electron chi connectivity index (χ4n) is 1.74. The highest BCUT2D eigenvalue weighted by molar-refractivity contribution is 5.40. The summed E-state index contributed by atoms with van der Waals surface area (Å²) in [4.78, 5) is 0. The highest BCUT2D eigenvalue weighted by Crippen LogP contribution is 2.26. The van der Waals surface area contributed by atoms with Crippen molar-refractivity contribution in [3.05, 3.63) is 36.4 Å². The van der Waals surface area contributed by atoms with E-state index in [4.69, 9.17) is 9.47 Å². The monoisotopic (exact) mass is 247 g/mol. The first-order valence-corrected chi connectivity index (χ1v) is 6.47. The predicted molar refractivity (Wildman–Crippen MR) is 73.2 cm³/mol. The third-order valence-electron chi connectivity index (χ3n) is 3.01. The lowest BCUT2D eigenvalue weighted by atomic mass is 10.2. The Morgan fingerprint density at radius 1 is 1.44 bits per heavy atom. The molecule has 1 aliphatic carbocycles. The number of hydrogen-bond acceptors (Lipinski definition) is 3. The van der Waals surface area contributed by atoms with Gasteiger partial charge in [-0.25, -0.2) is 0 Å². The van der Waals surface area contributed by atoms with Crippen LogP contribution < -0.4 is 14.8 Å². The van der Waals surface area contributed by atoms with Crippen molar-refractivity contribution < 1.29 is 9.47 Å². The first-order valence-electron chi connectivity index (χ1n) is 6.47. The summed E-state index contributed by atoms with van der Waals surface area (Å²) in [5, 5.41) is 3.50. The van der Waals surface area contributed by atoms with E-state index in [0.717, 1.165) is 24.5 Å². The molecular formula is C15H21NO2. The van der Waals surface area contributed by atoms with Gasteiger partial charge < -0.3 is 14.8 Å². The molecule has 1 fully saturated rings. The van der Waals surface area contributed by atoms with Crippen molar-refractivity contribution in [1.29, 1.82) is 0 Å². The molecule has 0 radical (unpaired) electrons. The zero-order valence-corrected chi connectivity index (χ0v) is 10.9. The first-order chi connectivity index (χ1) is 8.83. The first kappa shape index (κ1) is 13.0. The molecule has 0 unspecified atom stereocenters. The highest BCUT2D eigenvalue weighted by atomic mass is 16.5. The summed E-state index contributed by atoms with van der Waals surface area (Å²) >= 11 is 0. The van der Waals surface area contributed by atoms with Crippen molar-refractivity contribution in [1.82, 2.24) is 5.32 Å². The average Bonchev–Trinajstić information content (AvgIpc) is 3.21. The van der Waals surface area contributed by atoms with E-state index >= 15 is 0 Å². The summed E-state index contributed by atoms with van der Waals surface area (Å²) in [5.74, 6) is 1.74. The van der Waals surface area contributed by atoms with Gasteiger partial charge in [0.05, 0.1) is 13.7 Å². The molecule has 0 bridgehead atoms. The normalized spacial score (nSPS) is 14.3. The van der Waals surface area contributed by atoms with Gasteiger partial charge in [0, 0.05) is 24.2 Å². The smallest absolute Gasteiger partial charge is 0.127 e. The number of ether oxygens (including phenoxy) is 2. The maximum absolute atomic E-state index is 5.78. The van der Waals surface area contributed by atoms with Crippen molar-refractivity contribution in [3.8, 4) is 11.5 Å². The Morgan fingerprint density at radius 2 is 2.28 bits per heavy atom. The van der Waals surface area contributed by atoms with Crippen molar-refractivity contribution >= 4 is 0 Å². The van der Waals surface area contributed by atoms with Crippen molar-refractivity contribution in [2.45, 2.75) is 31.8 Å². The summed E-state index contributed by atoms with van der Waals surface area (Å²) < 4.78 is 11.0. The number of rotatable bonds is 8. The minimum absolute atomic E-state index is 0.660. The highest BCUT2D eigenvalue weighted by Gasteiger charge is 2.20. The van der Waals surface area contributed by atoms with E-state index in [2.05, 4.69) is 18.0 Å². The van der Waals surface area contributed by atoms with E-state index in [9.17, 15) is 0 Å². The van der Waals surface area contributed by atoms with Crippen LogP contribution in [0.4, 0.5) is 0 Å². The average molecular weight is 247 g/mol. The summed E-state index contributed by atoms with van der Waals surface area (Å²) in [5.41, 5.74) is 1.19. The van der Waals surface area contributed by atoms with Gasteiger partial charge in [-0.15, -0.1) is 6.58 Å². The molecule has 1 N–H and O–H groups in total. The molecule has 1 saturated carbocycles. The Balaban J connectivity index is 2.01. The maximum Gasteiger partial charge on any atom is 0.127 e. The Labute approximate surface area is 109 Å². The summed E-state index contributed by atoms with van der Waals surface area (Å²) in [7, 11) is 1.67. The standard InChI is InChI=1S/C15H21NO2/c1-3-4-9-18-15-10-14(17-2)8-5-12(15)11-16-13-6-7-13/h3,5,8,10,13,16H,1,4,6-7,9,11H2,2H3. The van der Waals surface area contributed by atoms with Gasteiger partial charge in [0.2, 0.25) is 0 Å². The lowest BCUT2D eigenvalue weighted by molar-refractivity contribution is 0.317. The van der Waals surface area contributed by atoms with E-state index in [1.165, 1.54) is 18.4 Å². The number of hydrogen-bond donors (Lipinski definition) is 1. The van der Waals surface area contributed by atoms with Crippen LogP contribution in [0.2, 0.25) is 0 Å². The molecule has 3 nitrogen and oxygen atoms in total. The quantitative estimate of drug-likeness (QED) is 0.566. The van der Waals surface area contributed by atoms with Crippen molar-refractivity contribution in [2.75, 3.05) is 13.7 Å². The molecule has 18 heavy (non-hydrogen) atoms. The van der Waals surface area contributed by atoms with Crippen molar-refractivity contribution in [3.63, 3.8) is 0 Å². The van der Waals surface area contributed by atoms with E-state index in [-0.39, 0.29) is 0 Å². The van der Waals surface area contributed by atoms with Crippen LogP contribution in [0.1, 0.15) is 24.8 Å². The molecule has 0 aromatic heterocycles. The number of nitrogens with one attached hydrogen (secondary N) is 1. The Kier molecular flexibility index (Phi) is 4.65. The van der Waals surface area contributed by atoms with Gasteiger partial charge in [0.1, 0.15) is 11.5 Å². The molecular weight excluding hydrogens is 226 g/mol. The zero-order valence-electron chi connectivity index (χ0n) is 10.9. The van der Waals surface area contributed by atoms with Gasteiger partial charge >= 0.3 is 0 Å². The molecule has 1 aliphatic rings. The number of methoxy groups -OCH3 is 1. The topological polar surface area (TPSA) is 30.5 Å². The largest absolute Gasteiger partial charge is 0.497 e. The van der Waals surface area contributed by atoms with Crippen molar-refractivity contribution in [2.24, 2.45) is 0 Å². The van der Waals surface area contributed by atoms with Gasteiger partial charge in [-0.2, -0.15) is 0 Å². The van der Waals surface area contributed by atoms with Gasteiger partial charge in [-0.1, -0.05) is 12.1 Å². The van der Waals surface area contributed by atoms with E-state index in [1.54, 1.807) is 7.11 Å². The van der Waals surface area contributed by atoms with E-state index < -0.39 is 0 Å².